The minimum Gasteiger partial charge on any atom is -0.444 e. The van der Waals surface area contributed by atoms with Gasteiger partial charge in [-0.1, -0.05) is 6.42 Å². The number of ether oxygens (including phenoxy) is 1. The molecule has 1 aliphatic rings. The zero-order chi connectivity index (χ0) is 14.8. The van der Waals surface area contributed by atoms with Crippen LogP contribution in [0.4, 0.5) is 4.79 Å². The lowest BCUT2D eigenvalue weighted by Crippen LogP contribution is -2.48. The smallest absolute Gasteiger partial charge is 0.407 e. The van der Waals surface area contributed by atoms with Crippen molar-refractivity contribution in [3.63, 3.8) is 0 Å². The van der Waals surface area contributed by atoms with Gasteiger partial charge in [0, 0.05) is 38.9 Å². The van der Waals surface area contributed by atoms with Crippen molar-refractivity contribution in [3.05, 3.63) is 0 Å². The average Bonchev–Trinajstić information content (AvgIpc) is 2.28. The van der Waals surface area contributed by atoms with E-state index >= 15 is 0 Å². The molecule has 1 unspecified atom stereocenters. The SMILES string of the molecule is CC(C)(C)OC(=O)NCCCCC1CNCNCCN1. The van der Waals surface area contributed by atoms with Gasteiger partial charge < -0.3 is 26.0 Å². The van der Waals surface area contributed by atoms with Crippen LogP contribution in [0.1, 0.15) is 40.0 Å². The number of hydrogen-bond donors (Lipinski definition) is 4. The summed E-state index contributed by atoms with van der Waals surface area (Å²) in [6.45, 7) is 10.2. The summed E-state index contributed by atoms with van der Waals surface area (Å²) in [4.78, 5) is 11.4. The minimum atomic E-state index is -0.424. The van der Waals surface area contributed by atoms with Crippen molar-refractivity contribution < 1.29 is 9.53 Å². The molecule has 4 N–H and O–H groups in total. The summed E-state index contributed by atoms with van der Waals surface area (Å²) in [5.74, 6) is 0. The van der Waals surface area contributed by atoms with E-state index in [1.54, 1.807) is 0 Å². The molecule has 1 amide bonds. The van der Waals surface area contributed by atoms with Crippen molar-refractivity contribution >= 4 is 6.09 Å². The molecule has 1 aliphatic heterocycles. The summed E-state index contributed by atoms with van der Waals surface area (Å²) < 4.78 is 5.19. The Morgan fingerprint density at radius 3 is 2.80 bits per heavy atom. The molecule has 0 saturated carbocycles. The number of amides is 1. The highest BCUT2D eigenvalue weighted by molar-refractivity contribution is 5.67. The molecule has 0 aliphatic carbocycles. The maximum Gasteiger partial charge on any atom is 0.407 e. The fourth-order valence-electron chi connectivity index (χ4n) is 2.08. The van der Waals surface area contributed by atoms with Crippen molar-refractivity contribution in [2.75, 3.05) is 32.8 Å². The third-order valence-electron chi connectivity index (χ3n) is 3.02. The van der Waals surface area contributed by atoms with Crippen LogP contribution >= 0.6 is 0 Å². The van der Waals surface area contributed by atoms with Crippen LogP contribution in [-0.2, 0) is 4.74 Å². The molecule has 20 heavy (non-hydrogen) atoms. The molecule has 0 radical (unpaired) electrons. The van der Waals surface area contributed by atoms with Crippen molar-refractivity contribution in [2.45, 2.75) is 51.7 Å². The highest BCUT2D eigenvalue weighted by atomic mass is 16.6. The van der Waals surface area contributed by atoms with E-state index in [2.05, 4.69) is 21.3 Å². The largest absolute Gasteiger partial charge is 0.444 e. The maximum atomic E-state index is 11.4. The van der Waals surface area contributed by atoms with Gasteiger partial charge in [0.15, 0.2) is 0 Å². The molecule has 0 aromatic rings. The van der Waals surface area contributed by atoms with Crippen molar-refractivity contribution in [3.8, 4) is 0 Å². The molecule has 1 heterocycles. The lowest BCUT2D eigenvalue weighted by Gasteiger charge is -2.23. The topological polar surface area (TPSA) is 74.4 Å². The van der Waals surface area contributed by atoms with Crippen LogP contribution in [0.3, 0.4) is 0 Å². The first-order chi connectivity index (χ1) is 9.47. The second-order valence-corrected chi connectivity index (χ2v) is 6.21. The molecule has 0 spiro atoms. The standard InChI is InChI=1S/C14H30N4O2/c1-14(2,3)20-13(19)18-7-5-4-6-12-10-16-11-15-8-9-17-12/h12,15-17H,4-11H2,1-3H3,(H,18,19). The summed E-state index contributed by atoms with van der Waals surface area (Å²) >= 11 is 0. The number of carbonyl (C=O) groups is 1. The third-order valence-corrected chi connectivity index (χ3v) is 3.02. The molecular weight excluding hydrogens is 256 g/mol. The van der Waals surface area contributed by atoms with Gasteiger partial charge in [-0.25, -0.2) is 4.79 Å². The molecule has 0 aromatic heterocycles. The van der Waals surface area contributed by atoms with Gasteiger partial charge in [-0.05, 0) is 33.6 Å². The monoisotopic (exact) mass is 286 g/mol. The number of carbonyl (C=O) groups excluding carboxylic acids is 1. The lowest BCUT2D eigenvalue weighted by molar-refractivity contribution is 0.0527. The maximum absolute atomic E-state index is 11.4. The summed E-state index contributed by atoms with van der Waals surface area (Å²) in [5.41, 5.74) is -0.424. The quantitative estimate of drug-likeness (QED) is 0.562. The van der Waals surface area contributed by atoms with Gasteiger partial charge in [0.05, 0.1) is 0 Å². The molecule has 1 saturated heterocycles. The van der Waals surface area contributed by atoms with Crippen LogP contribution in [0.25, 0.3) is 0 Å². The van der Waals surface area contributed by atoms with E-state index in [-0.39, 0.29) is 6.09 Å². The molecule has 6 heteroatoms. The molecular formula is C14H30N4O2. The fraction of sp³-hybridized carbons (Fsp3) is 0.929. The first-order valence-corrected chi connectivity index (χ1v) is 7.59. The van der Waals surface area contributed by atoms with Gasteiger partial charge in [-0.3, -0.25) is 0 Å². The molecule has 1 atom stereocenters. The minimum absolute atomic E-state index is 0.325. The highest BCUT2D eigenvalue weighted by Crippen LogP contribution is 2.06. The predicted molar refractivity (Wildman–Crippen MR) is 80.8 cm³/mol. The van der Waals surface area contributed by atoms with Crippen LogP contribution in [-0.4, -0.2) is 50.6 Å². The van der Waals surface area contributed by atoms with E-state index < -0.39 is 5.60 Å². The van der Waals surface area contributed by atoms with E-state index in [9.17, 15) is 4.79 Å². The normalized spacial score (nSPS) is 20.9. The lowest BCUT2D eigenvalue weighted by atomic mass is 10.1. The van der Waals surface area contributed by atoms with Gasteiger partial charge in [0.25, 0.3) is 0 Å². The Morgan fingerprint density at radius 1 is 1.25 bits per heavy atom. The van der Waals surface area contributed by atoms with E-state index in [4.69, 9.17) is 4.74 Å². The molecule has 1 rings (SSSR count). The second kappa shape index (κ2) is 9.15. The Bertz CT molecular complexity index is 271. The number of unbranched alkanes of at least 4 members (excludes halogenated alkanes) is 1. The van der Waals surface area contributed by atoms with Gasteiger partial charge in [0.2, 0.25) is 0 Å². The van der Waals surface area contributed by atoms with Crippen LogP contribution in [0.2, 0.25) is 0 Å². The zero-order valence-corrected chi connectivity index (χ0v) is 13.1. The number of alkyl carbamates (subject to hydrolysis) is 1. The summed E-state index contributed by atoms with van der Waals surface area (Å²) in [7, 11) is 0. The van der Waals surface area contributed by atoms with Gasteiger partial charge in [-0.15, -0.1) is 0 Å². The Kier molecular flexibility index (Phi) is 7.87. The highest BCUT2D eigenvalue weighted by Gasteiger charge is 2.15. The summed E-state index contributed by atoms with van der Waals surface area (Å²) in [5, 5.41) is 12.9. The van der Waals surface area contributed by atoms with Gasteiger partial charge >= 0.3 is 6.09 Å². The first kappa shape index (κ1) is 17.2. The average molecular weight is 286 g/mol. The Balaban J connectivity index is 2.02. The Hall–Kier alpha value is -0.850. The molecule has 118 valence electrons. The van der Waals surface area contributed by atoms with E-state index in [0.29, 0.717) is 12.6 Å². The van der Waals surface area contributed by atoms with Crippen LogP contribution in [0, 0.1) is 0 Å². The van der Waals surface area contributed by atoms with Crippen molar-refractivity contribution in [1.29, 1.82) is 0 Å². The third kappa shape index (κ3) is 9.12. The molecule has 0 bridgehead atoms. The van der Waals surface area contributed by atoms with Crippen molar-refractivity contribution in [1.82, 2.24) is 21.3 Å². The zero-order valence-electron chi connectivity index (χ0n) is 13.1. The fourth-order valence-corrected chi connectivity index (χ4v) is 2.08. The van der Waals surface area contributed by atoms with Crippen LogP contribution in [0.5, 0.6) is 0 Å². The first-order valence-electron chi connectivity index (χ1n) is 7.59. The van der Waals surface area contributed by atoms with E-state index in [1.165, 1.54) is 0 Å². The van der Waals surface area contributed by atoms with Crippen molar-refractivity contribution in [2.24, 2.45) is 0 Å². The van der Waals surface area contributed by atoms with Gasteiger partial charge in [-0.2, -0.15) is 0 Å². The Labute approximate surface area is 122 Å². The number of hydrogen-bond acceptors (Lipinski definition) is 5. The molecule has 0 aromatic carbocycles. The summed E-state index contributed by atoms with van der Waals surface area (Å²) in [6, 6.07) is 0.527. The Morgan fingerprint density at radius 2 is 2.05 bits per heavy atom. The van der Waals surface area contributed by atoms with E-state index in [0.717, 1.165) is 45.6 Å². The second-order valence-electron chi connectivity index (χ2n) is 6.21. The summed E-state index contributed by atoms with van der Waals surface area (Å²) in [6.07, 6.45) is 2.88. The molecule has 1 fully saturated rings. The predicted octanol–water partition coefficient (Wildman–Crippen LogP) is 0.790. The molecule has 6 nitrogen and oxygen atoms in total. The number of nitrogens with one attached hydrogen (secondary N) is 4. The van der Waals surface area contributed by atoms with Gasteiger partial charge in [0.1, 0.15) is 5.60 Å². The number of rotatable bonds is 5. The van der Waals surface area contributed by atoms with Crippen LogP contribution in [0.15, 0.2) is 0 Å². The van der Waals surface area contributed by atoms with E-state index in [1.807, 2.05) is 20.8 Å². The van der Waals surface area contributed by atoms with Crippen LogP contribution < -0.4 is 21.3 Å².